The van der Waals surface area contributed by atoms with E-state index >= 15 is 0 Å². The summed E-state index contributed by atoms with van der Waals surface area (Å²) in [6, 6.07) is 14.2. The van der Waals surface area contributed by atoms with Gasteiger partial charge in [-0.2, -0.15) is 4.98 Å². The van der Waals surface area contributed by atoms with Gasteiger partial charge in [0.2, 0.25) is 0 Å². The Labute approximate surface area is 125 Å². The summed E-state index contributed by atoms with van der Waals surface area (Å²) in [4.78, 5) is 4.39. The van der Waals surface area contributed by atoms with E-state index in [0.717, 1.165) is 15.6 Å². The van der Waals surface area contributed by atoms with E-state index in [0.29, 0.717) is 17.3 Å². The molecule has 4 nitrogen and oxygen atoms in total. The van der Waals surface area contributed by atoms with Crippen molar-refractivity contribution in [2.45, 2.75) is 13.0 Å². The van der Waals surface area contributed by atoms with E-state index in [1.165, 1.54) is 0 Å². The minimum atomic E-state index is 0.105. The number of nitrogen functional groups attached to an aromatic ring is 1. The van der Waals surface area contributed by atoms with Crippen LogP contribution in [0.2, 0.25) is 0 Å². The van der Waals surface area contributed by atoms with Gasteiger partial charge in [-0.1, -0.05) is 28.1 Å². The van der Waals surface area contributed by atoms with Crippen molar-refractivity contribution in [3.05, 3.63) is 52.5 Å². The second kappa shape index (κ2) is 5.17. The van der Waals surface area contributed by atoms with Gasteiger partial charge in [0.15, 0.2) is 5.58 Å². The van der Waals surface area contributed by atoms with E-state index in [-0.39, 0.29) is 6.04 Å². The summed E-state index contributed by atoms with van der Waals surface area (Å²) in [7, 11) is 0. The summed E-state index contributed by atoms with van der Waals surface area (Å²) >= 11 is 3.43. The van der Waals surface area contributed by atoms with Crippen LogP contribution in [0.3, 0.4) is 0 Å². The number of nitrogens with one attached hydrogen (secondary N) is 1. The van der Waals surface area contributed by atoms with Crippen LogP contribution in [0.15, 0.2) is 51.4 Å². The van der Waals surface area contributed by atoms with Crippen LogP contribution in [0.1, 0.15) is 18.5 Å². The van der Waals surface area contributed by atoms with Gasteiger partial charge in [0, 0.05) is 16.2 Å². The van der Waals surface area contributed by atoms with Crippen molar-refractivity contribution >= 4 is 38.7 Å². The van der Waals surface area contributed by atoms with Crippen molar-refractivity contribution in [3.8, 4) is 0 Å². The molecule has 0 aliphatic carbocycles. The largest absolute Gasteiger partial charge is 0.423 e. The molecule has 20 heavy (non-hydrogen) atoms. The molecule has 3 aromatic rings. The molecule has 1 atom stereocenters. The molecule has 0 fully saturated rings. The molecule has 0 aliphatic rings. The zero-order valence-electron chi connectivity index (χ0n) is 10.9. The molecule has 0 saturated heterocycles. The molecule has 0 spiro atoms. The number of benzene rings is 2. The zero-order chi connectivity index (χ0) is 14.1. The van der Waals surface area contributed by atoms with Gasteiger partial charge in [0.05, 0.1) is 6.04 Å². The lowest BCUT2D eigenvalue weighted by Gasteiger charge is -2.12. The lowest BCUT2D eigenvalue weighted by molar-refractivity contribution is 0.604. The van der Waals surface area contributed by atoms with Crippen LogP contribution >= 0.6 is 15.9 Å². The van der Waals surface area contributed by atoms with Gasteiger partial charge >= 0.3 is 0 Å². The van der Waals surface area contributed by atoms with Crippen molar-refractivity contribution in [3.63, 3.8) is 0 Å². The van der Waals surface area contributed by atoms with Crippen molar-refractivity contribution in [2.75, 3.05) is 11.1 Å². The average Bonchev–Trinajstić information content (AvgIpc) is 2.80. The van der Waals surface area contributed by atoms with Crippen LogP contribution in [0.5, 0.6) is 0 Å². The summed E-state index contributed by atoms with van der Waals surface area (Å²) in [5.41, 5.74) is 9.04. The normalized spacial score (nSPS) is 12.5. The minimum Gasteiger partial charge on any atom is -0.423 e. The summed E-state index contributed by atoms with van der Waals surface area (Å²) in [6.45, 7) is 2.06. The molecule has 1 heterocycles. The molecule has 0 bridgehead atoms. The van der Waals surface area contributed by atoms with Crippen molar-refractivity contribution in [1.82, 2.24) is 4.98 Å². The Morgan fingerprint density at radius 1 is 1.20 bits per heavy atom. The number of nitrogens with zero attached hydrogens (tertiary/aromatic N) is 1. The maximum Gasteiger partial charge on any atom is 0.296 e. The molecule has 2 aromatic carbocycles. The first kappa shape index (κ1) is 13.0. The smallest absolute Gasteiger partial charge is 0.296 e. The molecule has 102 valence electrons. The Morgan fingerprint density at radius 3 is 2.70 bits per heavy atom. The fraction of sp³-hybridized carbons (Fsp3) is 0.133. The van der Waals surface area contributed by atoms with Crippen LogP contribution in [0.4, 0.5) is 11.7 Å². The van der Waals surface area contributed by atoms with Gasteiger partial charge in [0.25, 0.3) is 6.01 Å². The molecular formula is C15H14BrN3O. The quantitative estimate of drug-likeness (QED) is 0.700. The minimum absolute atomic E-state index is 0.105. The van der Waals surface area contributed by atoms with Crippen LogP contribution in [0.25, 0.3) is 11.1 Å². The Balaban J connectivity index is 1.83. The van der Waals surface area contributed by atoms with Gasteiger partial charge in [0.1, 0.15) is 5.52 Å². The molecule has 0 saturated carbocycles. The number of oxazole rings is 1. The Bertz CT molecular complexity index is 736. The zero-order valence-corrected chi connectivity index (χ0v) is 12.5. The lowest BCUT2D eigenvalue weighted by atomic mass is 10.1. The summed E-state index contributed by atoms with van der Waals surface area (Å²) in [5, 5.41) is 3.25. The third kappa shape index (κ3) is 2.63. The van der Waals surface area contributed by atoms with Crippen LogP contribution in [0, 0.1) is 0 Å². The molecule has 0 radical (unpaired) electrons. The van der Waals surface area contributed by atoms with Crippen molar-refractivity contribution < 1.29 is 4.42 Å². The number of halogens is 1. The van der Waals surface area contributed by atoms with Crippen LogP contribution < -0.4 is 11.1 Å². The van der Waals surface area contributed by atoms with Gasteiger partial charge in [-0.25, -0.2) is 0 Å². The number of anilines is 2. The summed E-state index contributed by atoms with van der Waals surface area (Å²) in [6.07, 6.45) is 0. The van der Waals surface area contributed by atoms with E-state index in [1.807, 2.05) is 24.3 Å². The maximum absolute atomic E-state index is 5.73. The molecule has 0 aliphatic heterocycles. The summed E-state index contributed by atoms with van der Waals surface area (Å²) in [5.74, 6) is 0. The Kier molecular flexibility index (Phi) is 3.36. The standard InChI is InChI=1S/C15H14BrN3O/c1-9(10-2-4-11(16)5-3-10)18-15-19-13-7-6-12(17)8-14(13)20-15/h2-9H,17H2,1H3,(H,18,19). The number of rotatable bonds is 3. The highest BCUT2D eigenvalue weighted by atomic mass is 79.9. The third-order valence-electron chi connectivity index (χ3n) is 3.12. The van der Waals surface area contributed by atoms with Gasteiger partial charge in [-0.3, -0.25) is 0 Å². The number of nitrogens with two attached hydrogens (primary N) is 1. The first-order chi connectivity index (χ1) is 9.61. The molecular weight excluding hydrogens is 318 g/mol. The highest BCUT2D eigenvalue weighted by Gasteiger charge is 2.10. The molecule has 3 N–H and O–H groups in total. The fourth-order valence-electron chi connectivity index (χ4n) is 2.02. The van der Waals surface area contributed by atoms with Gasteiger partial charge in [-0.15, -0.1) is 0 Å². The molecule has 1 unspecified atom stereocenters. The molecule has 5 heteroatoms. The van der Waals surface area contributed by atoms with E-state index < -0.39 is 0 Å². The predicted molar refractivity (Wildman–Crippen MR) is 84.6 cm³/mol. The van der Waals surface area contributed by atoms with Crippen molar-refractivity contribution in [1.29, 1.82) is 0 Å². The maximum atomic E-state index is 5.73. The second-order valence-corrected chi connectivity index (χ2v) is 5.58. The number of fused-ring (bicyclic) bond motifs is 1. The number of aromatic nitrogens is 1. The van der Waals surface area contributed by atoms with Gasteiger partial charge in [-0.05, 0) is 36.8 Å². The Hall–Kier alpha value is -2.01. The topological polar surface area (TPSA) is 64.1 Å². The lowest BCUT2D eigenvalue weighted by Crippen LogP contribution is -2.06. The average molecular weight is 332 g/mol. The monoisotopic (exact) mass is 331 g/mol. The number of hydrogen-bond donors (Lipinski definition) is 2. The molecule has 3 rings (SSSR count). The Morgan fingerprint density at radius 2 is 1.95 bits per heavy atom. The molecule has 1 aromatic heterocycles. The SMILES string of the molecule is CC(Nc1nc2ccc(N)cc2o1)c1ccc(Br)cc1. The van der Waals surface area contributed by atoms with E-state index in [4.69, 9.17) is 10.2 Å². The molecule has 0 amide bonds. The first-order valence-corrected chi connectivity index (χ1v) is 7.09. The fourth-order valence-corrected chi connectivity index (χ4v) is 2.29. The van der Waals surface area contributed by atoms with Crippen molar-refractivity contribution in [2.24, 2.45) is 0 Å². The first-order valence-electron chi connectivity index (χ1n) is 6.30. The second-order valence-electron chi connectivity index (χ2n) is 4.66. The van der Waals surface area contributed by atoms with Gasteiger partial charge < -0.3 is 15.5 Å². The highest BCUT2D eigenvalue weighted by Crippen LogP contribution is 2.25. The van der Waals surface area contributed by atoms with Crippen LogP contribution in [-0.2, 0) is 0 Å². The highest BCUT2D eigenvalue weighted by molar-refractivity contribution is 9.10. The van der Waals surface area contributed by atoms with E-state index in [1.54, 1.807) is 6.07 Å². The van der Waals surface area contributed by atoms with E-state index in [9.17, 15) is 0 Å². The van der Waals surface area contributed by atoms with E-state index in [2.05, 4.69) is 45.3 Å². The van der Waals surface area contributed by atoms with Crippen LogP contribution in [-0.4, -0.2) is 4.98 Å². The predicted octanol–water partition coefficient (Wildman–Crippen LogP) is 4.35. The third-order valence-corrected chi connectivity index (χ3v) is 3.65. The number of hydrogen-bond acceptors (Lipinski definition) is 4. The summed E-state index contributed by atoms with van der Waals surface area (Å²) < 4.78 is 6.71.